The zero-order valence-corrected chi connectivity index (χ0v) is 15.3. The lowest BCUT2D eigenvalue weighted by Crippen LogP contribution is -2.50. The van der Waals surface area contributed by atoms with Gasteiger partial charge in [-0.05, 0) is 25.3 Å². The monoisotopic (exact) mass is 375 g/mol. The number of carboxylic acid groups (broad SMARTS) is 1. The van der Waals surface area contributed by atoms with Crippen LogP contribution in [0.5, 0.6) is 0 Å². The molecule has 2 N–H and O–H groups in total. The molecule has 0 aliphatic carbocycles. The van der Waals surface area contributed by atoms with E-state index in [1.165, 1.54) is 0 Å². The summed E-state index contributed by atoms with van der Waals surface area (Å²) < 4.78 is 0. The number of piperazine rings is 1. The second-order valence-electron chi connectivity index (χ2n) is 7.14. The predicted molar refractivity (Wildman–Crippen MR) is 97.0 cm³/mol. The highest BCUT2D eigenvalue weighted by molar-refractivity contribution is 5.80. The van der Waals surface area contributed by atoms with E-state index in [9.17, 15) is 14.4 Å². The van der Waals surface area contributed by atoms with Crippen LogP contribution in [0.2, 0.25) is 0 Å². The van der Waals surface area contributed by atoms with Gasteiger partial charge in [0, 0.05) is 63.4 Å². The van der Waals surface area contributed by atoms with Gasteiger partial charge in [-0.25, -0.2) is 9.97 Å². The second-order valence-corrected chi connectivity index (χ2v) is 7.14. The molecule has 2 aliphatic heterocycles. The molecule has 1 aromatic heterocycles. The summed E-state index contributed by atoms with van der Waals surface area (Å²) in [7, 11) is 0. The lowest BCUT2D eigenvalue weighted by molar-refractivity contribution is -0.137. The van der Waals surface area contributed by atoms with Crippen molar-refractivity contribution >= 4 is 23.7 Å². The SMILES string of the molecule is O=C(O)CC[C@]1(CCC(=O)N2CCN(c3ncccn3)CC2)CCC(=O)N1. The number of nitrogens with one attached hydrogen (secondary N) is 1. The first-order valence-electron chi connectivity index (χ1n) is 9.30. The lowest BCUT2D eigenvalue weighted by atomic mass is 9.86. The summed E-state index contributed by atoms with van der Waals surface area (Å²) in [5.74, 6) is -0.240. The summed E-state index contributed by atoms with van der Waals surface area (Å²) in [6.07, 6.45) is 5.52. The van der Waals surface area contributed by atoms with Crippen LogP contribution in [0.25, 0.3) is 0 Å². The average Bonchev–Trinajstić information content (AvgIpc) is 3.07. The first-order chi connectivity index (χ1) is 13.0. The fourth-order valence-electron chi connectivity index (χ4n) is 3.73. The Morgan fingerprint density at radius 2 is 1.78 bits per heavy atom. The number of anilines is 1. The molecule has 1 aromatic rings. The summed E-state index contributed by atoms with van der Waals surface area (Å²) in [6, 6.07) is 1.77. The smallest absolute Gasteiger partial charge is 0.303 e. The summed E-state index contributed by atoms with van der Waals surface area (Å²) >= 11 is 0. The number of carbonyl (C=O) groups excluding carboxylic acids is 2. The molecule has 9 heteroatoms. The van der Waals surface area contributed by atoms with E-state index < -0.39 is 11.5 Å². The maximum atomic E-state index is 12.6. The van der Waals surface area contributed by atoms with Crippen molar-refractivity contribution in [2.45, 2.75) is 44.1 Å². The molecule has 0 saturated carbocycles. The van der Waals surface area contributed by atoms with Crippen molar-refractivity contribution in [1.82, 2.24) is 20.2 Å². The molecule has 2 fully saturated rings. The molecular formula is C18H25N5O4. The largest absolute Gasteiger partial charge is 0.481 e. The van der Waals surface area contributed by atoms with Gasteiger partial charge in [0.05, 0.1) is 0 Å². The van der Waals surface area contributed by atoms with E-state index in [0.717, 1.165) is 0 Å². The number of aromatic nitrogens is 2. The fraction of sp³-hybridized carbons (Fsp3) is 0.611. The third-order valence-electron chi connectivity index (χ3n) is 5.34. The van der Waals surface area contributed by atoms with Crippen LogP contribution in [0, 0.1) is 0 Å². The van der Waals surface area contributed by atoms with Crippen LogP contribution >= 0.6 is 0 Å². The van der Waals surface area contributed by atoms with Crippen LogP contribution in [0.15, 0.2) is 18.5 Å². The van der Waals surface area contributed by atoms with Gasteiger partial charge in [0.2, 0.25) is 17.8 Å². The minimum Gasteiger partial charge on any atom is -0.481 e. The molecule has 146 valence electrons. The highest BCUT2D eigenvalue weighted by atomic mass is 16.4. The third kappa shape index (κ3) is 4.93. The number of carboxylic acids is 1. The van der Waals surface area contributed by atoms with Crippen molar-refractivity contribution in [2.75, 3.05) is 31.1 Å². The molecule has 3 rings (SSSR count). The number of hydrogen-bond acceptors (Lipinski definition) is 6. The van der Waals surface area contributed by atoms with Crippen molar-refractivity contribution in [2.24, 2.45) is 0 Å². The molecule has 0 radical (unpaired) electrons. The quantitative estimate of drug-likeness (QED) is 0.709. The Hall–Kier alpha value is -2.71. The van der Waals surface area contributed by atoms with E-state index in [1.807, 2.05) is 4.90 Å². The van der Waals surface area contributed by atoms with Crippen LogP contribution < -0.4 is 10.2 Å². The first-order valence-corrected chi connectivity index (χ1v) is 9.30. The van der Waals surface area contributed by atoms with E-state index in [0.29, 0.717) is 64.2 Å². The molecular weight excluding hydrogens is 350 g/mol. The Labute approximate surface area is 157 Å². The molecule has 3 heterocycles. The Bertz CT molecular complexity index is 690. The van der Waals surface area contributed by atoms with Crippen LogP contribution in [0.3, 0.4) is 0 Å². The number of amides is 2. The van der Waals surface area contributed by atoms with E-state index >= 15 is 0 Å². The van der Waals surface area contributed by atoms with E-state index in [1.54, 1.807) is 18.5 Å². The second kappa shape index (κ2) is 8.32. The normalized spacial score (nSPS) is 22.6. The van der Waals surface area contributed by atoms with Gasteiger partial charge in [-0.15, -0.1) is 0 Å². The molecule has 2 aliphatic rings. The minimum atomic E-state index is -0.888. The maximum absolute atomic E-state index is 12.6. The first kappa shape index (κ1) is 19.1. The molecule has 27 heavy (non-hydrogen) atoms. The number of rotatable bonds is 7. The molecule has 0 bridgehead atoms. The van der Waals surface area contributed by atoms with Gasteiger partial charge in [0.1, 0.15) is 0 Å². The van der Waals surface area contributed by atoms with Crippen molar-refractivity contribution < 1.29 is 19.5 Å². The van der Waals surface area contributed by atoms with Crippen LogP contribution in [0.4, 0.5) is 5.95 Å². The van der Waals surface area contributed by atoms with Crippen molar-refractivity contribution in [3.05, 3.63) is 18.5 Å². The summed E-state index contributed by atoms with van der Waals surface area (Å²) in [6.45, 7) is 2.56. The number of nitrogens with zero attached hydrogens (tertiary/aromatic N) is 4. The summed E-state index contributed by atoms with van der Waals surface area (Å²) in [5, 5.41) is 11.9. The Morgan fingerprint density at radius 1 is 1.11 bits per heavy atom. The topological polar surface area (TPSA) is 116 Å². The molecule has 9 nitrogen and oxygen atoms in total. The Morgan fingerprint density at radius 3 is 2.37 bits per heavy atom. The number of aliphatic carboxylic acids is 1. The molecule has 2 amide bonds. The van der Waals surface area contributed by atoms with Gasteiger partial charge in [-0.3, -0.25) is 14.4 Å². The van der Waals surface area contributed by atoms with Gasteiger partial charge in [0.25, 0.3) is 0 Å². The predicted octanol–water partition coefficient (Wildman–Crippen LogP) is 0.419. The maximum Gasteiger partial charge on any atom is 0.303 e. The van der Waals surface area contributed by atoms with Crippen molar-refractivity contribution in [3.63, 3.8) is 0 Å². The lowest BCUT2D eigenvalue weighted by Gasteiger charge is -2.35. The molecule has 0 unspecified atom stereocenters. The van der Waals surface area contributed by atoms with Crippen LogP contribution in [-0.4, -0.2) is 69.5 Å². The van der Waals surface area contributed by atoms with Crippen LogP contribution in [-0.2, 0) is 14.4 Å². The zero-order valence-electron chi connectivity index (χ0n) is 15.3. The highest BCUT2D eigenvalue weighted by Gasteiger charge is 2.38. The molecule has 0 aromatic carbocycles. The molecule has 0 spiro atoms. The number of hydrogen-bond donors (Lipinski definition) is 2. The van der Waals surface area contributed by atoms with E-state index in [2.05, 4.69) is 20.2 Å². The van der Waals surface area contributed by atoms with Gasteiger partial charge >= 0.3 is 5.97 Å². The minimum absolute atomic E-state index is 0.00970. The van der Waals surface area contributed by atoms with E-state index in [-0.39, 0.29) is 18.2 Å². The Balaban J connectivity index is 1.50. The van der Waals surface area contributed by atoms with Crippen molar-refractivity contribution in [3.8, 4) is 0 Å². The zero-order chi connectivity index (χ0) is 19.3. The third-order valence-corrected chi connectivity index (χ3v) is 5.34. The molecule has 1 atom stereocenters. The van der Waals surface area contributed by atoms with Gasteiger partial charge in [0.15, 0.2) is 0 Å². The summed E-state index contributed by atoms with van der Waals surface area (Å²) in [4.78, 5) is 47.5. The molecule has 2 saturated heterocycles. The van der Waals surface area contributed by atoms with Crippen molar-refractivity contribution in [1.29, 1.82) is 0 Å². The summed E-state index contributed by atoms with van der Waals surface area (Å²) in [5.41, 5.74) is -0.565. The standard InChI is InChI=1S/C18H25N5O4/c24-14-2-5-18(21-14,7-4-16(26)27)6-3-15(25)22-10-12-23(13-11-22)17-19-8-1-9-20-17/h1,8-9H,2-7,10-13H2,(H,21,24)(H,26,27)/t18-/m1/s1. The van der Waals surface area contributed by atoms with Crippen LogP contribution in [0.1, 0.15) is 38.5 Å². The van der Waals surface area contributed by atoms with Gasteiger partial charge in [-0.2, -0.15) is 0 Å². The highest BCUT2D eigenvalue weighted by Crippen LogP contribution is 2.30. The van der Waals surface area contributed by atoms with Gasteiger partial charge < -0.3 is 20.2 Å². The Kier molecular flexibility index (Phi) is 5.88. The van der Waals surface area contributed by atoms with E-state index in [4.69, 9.17) is 5.11 Å². The number of carbonyl (C=O) groups is 3. The average molecular weight is 375 g/mol. The van der Waals surface area contributed by atoms with Gasteiger partial charge in [-0.1, -0.05) is 0 Å². The fourth-order valence-corrected chi connectivity index (χ4v) is 3.73.